The molecule has 6 atom stereocenters. The van der Waals surface area contributed by atoms with E-state index in [1.165, 1.54) is 25.4 Å². The van der Waals surface area contributed by atoms with Gasteiger partial charge in [0.2, 0.25) is 0 Å². The Kier molecular flexibility index (Phi) is 8.67. The fourth-order valence-electron chi connectivity index (χ4n) is 4.29. The Morgan fingerprint density at radius 1 is 1.29 bits per heavy atom. The number of aliphatic hydroxyl groups excluding tert-OH is 1. The number of nitrogens with zero attached hydrogens (tertiary/aromatic N) is 5. The van der Waals surface area contributed by atoms with Crippen LogP contribution >= 0.6 is 7.75 Å². The molecule has 1 aromatic carbocycles. The normalized spacial score (nSPS) is 26.5. The largest absolute Gasteiger partial charge is 0.465 e. The number of para-hydroxylation sites is 1. The number of esters is 1. The lowest BCUT2D eigenvalue weighted by Gasteiger charge is -2.28. The minimum absolute atomic E-state index is 0.0586. The van der Waals surface area contributed by atoms with Gasteiger partial charge in [-0.05, 0) is 39.8 Å². The van der Waals surface area contributed by atoms with Crippen molar-refractivity contribution in [3.8, 4) is 5.75 Å². The smallest absolute Gasteiger partial charge is 0.459 e. The van der Waals surface area contributed by atoms with E-state index in [2.05, 4.69) is 20.0 Å². The maximum atomic E-state index is 16.2. The number of anilines is 1. The first-order valence-electron chi connectivity index (χ1n) is 12.8. The van der Waals surface area contributed by atoms with Crippen LogP contribution in [0.4, 0.5) is 14.6 Å². The third-order valence-corrected chi connectivity index (χ3v) is 7.94. The summed E-state index contributed by atoms with van der Waals surface area (Å²) in [7, 11) is -1.05. The maximum absolute atomic E-state index is 16.2. The van der Waals surface area contributed by atoms with Crippen LogP contribution in [-0.4, -0.2) is 81.6 Å². The number of aryl methyl sites for hydroxylation is 1. The van der Waals surface area contributed by atoms with Crippen LogP contribution in [0.1, 0.15) is 32.8 Å². The molecule has 2 N–H and O–H groups in total. The molecule has 0 radical (unpaired) electrons. The fourth-order valence-corrected chi connectivity index (χ4v) is 5.80. The molecule has 0 bridgehead atoms. The highest BCUT2D eigenvalue weighted by Gasteiger charge is 2.65. The molecule has 0 spiro atoms. The number of carbonyl (C=O) groups is 1. The molecule has 0 aliphatic carbocycles. The number of benzene rings is 1. The first kappa shape index (κ1) is 30.7. The average Bonchev–Trinajstić information content (AvgIpc) is 3.40. The molecule has 3 heterocycles. The van der Waals surface area contributed by atoms with Gasteiger partial charge in [-0.15, -0.1) is 0 Å². The molecule has 2 aromatic heterocycles. The van der Waals surface area contributed by atoms with Crippen molar-refractivity contribution in [1.82, 2.24) is 24.6 Å². The maximum Gasteiger partial charge on any atom is 0.459 e. The first-order valence-corrected chi connectivity index (χ1v) is 14.3. The van der Waals surface area contributed by atoms with Gasteiger partial charge in [0.15, 0.2) is 35.0 Å². The number of hydrogen-bond acceptors (Lipinski definition) is 11. The second kappa shape index (κ2) is 11.6. The molecule has 0 saturated carbocycles. The van der Waals surface area contributed by atoms with Gasteiger partial charge in [0.05, 0.1) is 12.9 Å². The summed E-state index contributed by atoms with van der Waals surface area (Å²) >= 11 is 0. The van der Waals surface area contributed by atoms with E-state index in [4.69, 9.17) is 18.5 Å². The van der Waals surface area contributed by atoms with Crippen molar-refractivity contribution < 1.29 is 41.8 Å². The van der Waals surface area contributed by atoms with Crippen LogP contribution in [0, 0.1) is 6.92 Å². The Balaban J connectivity index is 1.63. The van der Waals surface area contributed by atoms with Crippen LogP contribution in [0.2, 0.25) is 0 Å². The predicted molar refractivity (Wildman–Crippen MR) is 144 cm³/mol. The lowest BCUT2D eigenvalue weighted by molar-refractivity contribution is -0.202. The van der Waals surface area contributed by atoms with E-state index in [1.807, 2.05) is 0 Å². The van der Waals surface area contributed by atoms with Crippen molar-refractivity contribution in [3.63, 3.8) is 0 Å². The van der Waals surface area contributed by atoms with Crippen molar-refractivity contribution in [2.45, 2.75) is 57.6 Å². The van der Waals surface area contributed by atoms with E-state index in [0.29, 0.717) is 17.2 Å². The van der Waals surface area contributed by atoms with E-state index in [1.54, 1.807) is 51.0 Å². The number of imidazole rings is 1. The third kappa shape index (κ3) is 6.19. The summed E-state index contributed by atoms with van der Waals surface area (Å²) in [4.78, 5) is 26.8. The molecule has 41 heavy (non-hydrogen) atoms. The lowest BCUT2D eigenvalue weighted by Crippen LogP contribution is -2.47. The number of aromatic nitrogens is 4. The van der Waals surface area contributed by atoms with Crippen LogP contribution in [0.3, 0.4) is 0 Å². The van der Waals surface area contributed by atoms with Crippen LogP contribution in [0.15, 0.2) is 36.7 Å². The third-order valence-electron chi connectivity index (χ3n) is 6.32. The molecule has 224 valence electrons. The summed E-state index contributed by atoms with van der Waals surface area (Å²) < 4.78 is 68.3. The second-order valence-electron chi connectivity index (χ2n) is 9.90. The minimum Gasteiger partial charge on any atom is -0.465 e. The molecule has 1 aliphatic heterocycles. The number of halogens is 2. The number of alkyl halides is 2. The van der Waals surface area contributed by atoms with E-state index in [-0.39, 0.29) is 18.0 Å². The standard InChI is InChI=1S/C25H33F2N6O7P/c1-7-37-21(34)15(2)31-41(36,40-17-11-9-8-10-12-17)38-13-25(27)22(35)24(4,26)23(39-25)33-14-28-18-19(32(5)6)29-16(3)30-20(18)33/h8-12,14-15,22-23,35H,7,13H2,1-6H3,(H,31,36)/t15-,22-,23+,24+,25+,41+/m0/s1. The molecule has 0 amide bonds. The van der Waals surface area contributed by atoms with Crippen LogP contribution < -0.4 is 14.5 Å². The molecule has 3 aromatic rings. The molecule has 4 rings (SSSR count). The lowest BCUT2D eigenvalue weighted by atomic mass is 9.97. The van der Waals surface area contributed by atoms with Gasteiger partial charge in [0.25, 0.3) is 5.85 Å². The quantitative estimate of drug-likeness (QED) is 0.246. The highest BCUT2D eigenvalue weighted by Crippen LogP contribution is 2.52. The molecule has 1 aliphatic rings. The molecule has 0 unspecified atom stereocenters. The summed E-state index contributed by atoms with van der Waals surface area (Å²) in [6, 6.07) is 6.60. The molecule has 1 saturated heterocycles. The SMILES string of the molecule is CCOC(=O)[C@H](C)N[P@@](=O)(OC[C@@]1(F)O[C@@H](n2cnc3c(N(C)C)nc(C)nc32)[C@](C)(F)[C@@H]1O)Oc1ccccc1. The average molecular weight is 599 g/mol. The number of fused-ring (bicyclic) bond motifs is 1. The number of hydrogen-bond donors (Lipinski definition) is 2. The van der Waals surface area contributed by atoms with E-state index in [0.717, 1.165) is 11.5 Å². The Bertz CT molecular complexity index is 1440. The van der Waals surface area contributed by atoms with Gasteiger partial charge >= 0.3 is 13.7 Å². The summed E-state index contributed by atoms with van der Waals surface area (Å²) in [5, 5.41) is 13.2. The van der Waals surface area contributed by atoms with Crippen LogP contribution in [-0.2, 0) is 23.4 Å². The van der Waals surface area contributed by atoms with E-state index < -0.39 is 50.2 Å². The van der Waals surface area contributed by atoms with E-state index in [9.17, 15) is 14.5 Å². The zero-order valence-corrected chi connectivity index (χ0v) is 24.3. The van der Waals surface area contributed by atoms with Gasteiger partial charge in [0.1, 0.15) is 24.2 Å². The summed E-state index contributed by atoms with van der Waals surface area (Å²) in [5.74, 6) is -3.11. The van der Waals surface area contributed by atoms with Crippen LogP contribution in [0.5, 0.6) is 5.75 Å². The number of aliphatic hydroxyl groups is 1. The zero-order valence-electron chi connectivity index (χ0n) is 23.4. The minimum atomic E-state index is -4.53. The highest BCUT2D eigenvalue weighted by molar-refractivity contribution is 7.52. The predicted octanol–water partition coefficient (Wildman–Crippen LogP) is 3.23. The number of nitrogens with one attached hydrogen (secondary N) is 1. The Morgan fingerprint density at radius 3 is 2.61 bits per heavy atom. The number of ether oxygens (including phenoxy) is 2. The first-order chi connectivity index (χ1) is 19.2. The Hall–Kier alpha value is -3.23. The van der Waals surface area contributed by atoms with Crippen molar-refractivity contribution >= 4 is 30.7 Å². The van der Waals surface area contributed by atoms with Crippen molar-refractivity contribution in [3.05, 3.63) is 42.5 Å². The molecule has 16 heteroatoms. The van der Waals surface area contributed by atoms with E-state index >= 15 is 8.78 Å². The van der Waals surface area contributed by atoms with Crippen molar-refractivity contribution in [2.24, 2.45) is 0 Å². The van der Waals surface area contributed by atoms with Crippen molar-refractivity contribution in [2.75, 3.05) is 32.2 Å². The van der Waals surface area contributed by atoms with Gasteiger partial charge in [-0.2, -0.15) is 5.09 Å². The van der Waals surface area contributed by atoms with Gasteiger partial charge in [0, 0.05) is 14.1 Å². The molecule has 13 nitrogen and oxygen atoms in total. The van der Waals surface area contributed by atoms with Crippen LogP contribution in [0.25, 0.3) is 11.2 Å². The second-order valence-corrected chi connectivity index (χ2v) is 11.6. The van der Waals surface area contributed by atoms with Crippen molar-refractivity contribution in [1.29, 1.82) is 0 Å². The molecular formula is C25H33F2N6O7P. The summed E-state index contributed by atoms with van der Waals surface area (Å²) in [6.07, 6.45) is -2.94. The van der Waals surface area contributed by atoms with Gasteiger partial charge in [-0.1, -0.05) is 18.2 Å². The van der Waals surface area contributed by atoms with Gasteiger partial charge in [-0.3, -0.25) is 13.9 Å². The topological polar surface area (TPSA) is 150 Å². The monoisotopic (exact) mass is 598 g/mol. The molecule has 1 fully saturated rings. The Labute approximate surface area is 235 Å². The van der Waals surface area contributed by atoms with Gasteiger partial charge in [-0.25, -0.2) is 28.3 Å². The fraction of sp³-hybridized carbons (Fsp3) is 0.520. The number of rotatable bonds is 11. The van der Waals surface area contributed by atoms with Gasteiger partial charge < -0.3 is 24.0 Å². The highest BCUT2D eigenvalue weighted by atomic mass is 31.2. The zero-order chi connectivity index (χ0) is 30.2. The molecular weight excluding hydrogens is 565 g/mol. The summed E-state index contributed by atoms with van der Waals surface area (Å²) in [6.45, 7) is 4.35. The Morgan fingerprint density at radius 2 is 1.98 bits per heavy atom. The summed E-state index contributed by atoms with van der Waals surface area (Å²) in [5.41, 5.74) is -2.27. The number of carbonyl (C=O) groups excluding carboxylic acids is 1.